The number of aromatic nitrogens is 4. The Morgan fingerprint density at radius 2 is 2.21 bits per heavy atom. The van der Waals surface area contributed by atoms with Crippen LogP contribution in [0.1, 0.15) is 4.88 Å². The van der Waals surface area contributed by atoms with E-state index in [0.29, 0.717) is 17.5 Å². The summed E-state index contributed by atoms with van der Waals surface area (Å²) in [6.45, 7) is 0.536. The fraction of sp³-hybridized carbons (Fsp3) is 0.200. The highest BCUT2D eigenvalue weighted by Crippen LogP contribution is 2.25. The van der Waals surface area contributed by atoms with Gasteiger partial charge in [0.05, 0.1) is 19.4 Å². The Morgan fingerprint density at radius 1 is 1.33 bits per heavy atom. The standard InChI is InChI=1S/C15H15N5O2S2/c1-22-13-7-3-2-6-12(13)20-15(17-18-19-20)24-10-14(21)16-9-11-5-4-8-23-11/h2-8H,9-10H2,1H3,(H,16,21). The normalized spacial score (nSPS) is 10.5. The van der Waals surface area contributed by atoms with Gasteiger partial charge in [0, 0.05) is 4.88 Å². The number of thioether (sulfide) groups is 1. The summed E-state index contributed by atoms with van der Waals surface area (Å²) in [6, 6.07) is 11.4. The molecule has 0 atom stereocenters. The summed E-state index contributed by atoms with van der Waals surface area (Å²) < 4.78 is 6.89. The molecule has 0 aliphatic carbocycles. The number of hydrogen-bond donors (Lipinski definition) is 1. The summed E-state index contributed by atoms with van der Waals surface area (Å²) in [7, 11) is 1.59. The lowest BCUT2D eigenvalue weighted by molar-refractivity contribution is -0.118. The first-order valence-corrected chi connectivity index (χ1v) is 8.98. The fourth-order valence-corrected chi connectivity index (χ4v) is 3.36. The third kappa shape index (κ3) is 3.92. The molecule has 1 aromatic carbocycles. The van der Waals surface area contributed by atoms with Crippen molar-refractivity contribution in [2.24, 2.45) is 0 Å². The minimum atomic E-state index is -0.0667. The van der Waals surface area contributed by atoms with Gasteiger partial charge in [-0.15, -0.1) is 16.4 Å². The zero-order chi connectivity index (χ0) is 16.8. The van der Waals surface area contributed by atoms with Gasteiger partial charge in [-0.1, -0.05) is 30.0 Å². The number of ether oxygens (including phenoxy) is 1. The molecule has 0 radical (unpaired) electrons. The SMILES string of the molecule is COc1ccccc1-n1nnnc1SCC(=O)NCc1cccs1. The number of hydrogen-bond acceptors (Lipinski definition) is 7. The van der Waals surface area contributed by atoms with Crippen LogP contribution in [0.5, 0.6) is 5.75 Å². The van der Waals surface area contributed by atoms with Crippen LogP contribution in [-0.2, 0) is 11.3 Å². The van der Waals surface area contributed by atoms with E-state index in [1.54, 1.807) is 23.1 Å². The van der Waals surface area contributed by atoms with Crippen LogP contribution in [0.15, 0.2) is 46.9 Å². The van der Waals surface area contributed by atoms with E-state index in [4.69, 9.17) is 4.74 Å². The average molecular weight is 361 g/mol. The van der Waals surface area contributed by atoms with Crippen LogP contribution in [0, 0.1) is 0 Å². The van der Waals surface area contributed by atoms with Gasteiger partial charge < -0.3 is 10.1 Å². The molecule has 0 aliphatic heterocycles. The number of rotatable bonds is 7. The Bertz CT molecular complexity index is 804. The van der Waals surface area contributed by atoms with Gasteiger partial charge >= 0.3 is 0 Å². The largest absolute Gasteiger partial charge is 0.494 e. The molecule has 0 saturated heterocycles. The molecular weight excluding hydrogens is 346 g/mol. The summed E-state index contributed by atoms with van der Waals surface area (Å²) in [6.07, 6.45) is 0. The second-order valence-electron chi connectivity index (χ2n) is 4.69. The van der Waals surface area contributed by atoms with E-state index in [1.165, 1.54) is 11.8 Å². The molecule has 0 bridgehead atoms. The lowest BCUT2D eigenvalue weighted by Gasteiger charge is -2.09. The Morgan fingerprint density at radius 3 is 3.00 bits per heavy atom. The highest BCUT2D eigenvalue weighted by molar-refractivity contribution is 7.99. The number of thiophene rings is 1. The molecule has 9 heteroatoms. The topological polar surface area (TPSA) is 81.9 Å². The molecule has 0 spiro atoms. The fourth-order valence-electron chi connectivity index (χ4n) is 2.00. The first-order valence-electron chi connectivity index (χ1n) is 7.11. The highest BCUT2D eigenvalue weighted by Gasteiger charge is 2.14. The Labute approximate surface area is 147 Å². The van der Waals surface area contributed by atoms with Gasteiger partial charge in [0.1, 0.15) is 11.4 Å². The molecule has 124 valence electrons. The van der Waals surface area contributed by atoms with Crippen LogP contribution in [0.4, 0.5) is 0 Å². The summed E-state index contributed by atoms with van der Waals surface area (Å²) in [5.41, 5.74) is 0.728. The van der Waals surface area contributed by atoms with Crippen LogP contribution in [0.25, 0.3) is 5.69 Å². The second-order valence-corrected chi connectivity index (χ2v) is 6.66. The first-order chi connectivity index (χ1) is 11.8. The van der Waals surface area contributed by atoms with Crippen molar-refractivity contribution in [3.63, 3.8) is 0 Å². The van der Waals surface area contributed by atoms with Crippen LogP contribution < -0.4 is 10.1 Å². The van der Waals surface area contributed by atoms with Crippen LogP contribution >= 0.6 is 23.1 Å². The average Bonchev–Trinajstić information content (AvgIpc) is 3.29. The smallest absolute Gasteiger partial charge is 0.230 e. The van der Waals surface area contributed by atoms with Crippen LogP contribution in [0.2, 0.25) is 0 Å². The predicted octanol–water partition coefficient (Wildman–Crippen LogP) is 2.14. The van der Waals surface area contributed by atoms with Gasteiger partial charge in [0.25, 0.3) is 0 Å². The van der Waals surface area contributed by atoms with Crippen molar-refractivity contribution in [3.05, 3.63) is 46.7 Å². The number of carbonyl (C=O) groups excluding carboxylic acids is 1. The quantitative estimate of drug-likeness (QED) is 0.649. The molecule has 1 N–H and O–H groups in total. The molecule has 0 fully saturated rings. The van der Waals surface area contributed by atoms with Gasteiger partial charge in [-0.05, 0) is 34.0 Å². The second kappa shape index (κ2) is 7.93. The Balaban J connectivity index is 1.62. The van der Waals surface area contributed by atoms with Crippen molar-refractivity contribution in [2.45, 2.75) is 11.7 Å². The molecule has 0 saturated carbocycles. The molecule has 3 rings (SSSR count). The maximum atomic E-state index is 12.0. The maximum absolute atomic E-state index is 12.0. The van der Waals surface area contributed by atoms with E-state index >= 15 is 0 Å². The molecule has 24 heavy (non-hydrogen) atoms. The molecular formula is C15H15N5O2S2. The first kappa shape index (κ1) is 16.5. The van der Waals surface area contributed by atoms with Crippen LogP contribution in [-0.4, -0.2) is 39.0 Å². The number of nitrogens with zero attached hydrogens (tertiary/aromatic N) is 4. The molecule has 0 aliphatic rings. The van der Waals surface area contributed by atoms with Gasteiger partial charge in [-0.25, -0.2) is 0 Å². The van der Waals surface area contributed by atoms with Crippen molar-refractivity contribution in [1.82, 2.24) is 25.5 Å². The number of methoxy groups -OCH3 is 1. The lowest BCUT2D eigenvalue weighted by Crippen LogP contribution is -2.24. The molecule has 2 aromatic heterocycles. The van der Waals surface area contributed by atoms with Gasteiger partial charge in [0.2, 0.25) is 11.1 Å². The molecule has 1 amide bonds. The molecule has 3 aromatic rings. The van der Waals surface area contributed by atoms with Gasteiger partial charge in [-0.2, -0.15) is 4.68 Å². The number of para-hydroxylation sites is 2. The van der Waals surface area contributed by atoms with Crippen molar-refractivity contribution in [2.75, 3.05) is 12.9 Å². The van der Waals surface area contributed by atoms with E-state index < -0.39 is 0 Å². The number of carbonyl (C=O) groups is 1. The number of nitrogens with one attached hydrogen (secondary N) is 1. The Hall–Kier alpha value is -2.39. The maximum Gasteiger partial charge on any atom is 0.230 e. The number of benzene rings is 1. The van der Waals surface area contributed by atoms with Crippen molar-refractivity contribution >= 4 is 29.0 Å². The lowest BCUT2D eigenvalue weighted by atomic mass is 10.3. The summed E-state index contributed by atoms with van der Waals surface area (Å²) >= 11 is 2.89. The van der Waals surface area contributed by atoms with E-state index in [9.17, 15) is 4.79 Å². The van der Waals surface area contributed by atoms with E-state index in [1.807, 2.05) is 41.8 Å². The highest BCUT2D eigenvalue weighted by atomic mass is 32.2. The summed E-state index contributed by atoms with van der Waals surface area (Å²) in [5.74, 6) is 0.831. The van der Waals surface area contributed by atoms with Crippen LogP contribution in [0.3, 0.4) is 0 Å². The van der Waals surface area contributed by atoms with Gasteiger partial charge in [-0.3, -0.25) is 4.79 Å². The molecule has 2 heterocycles. The summed E-state index contributed by atoms with van der Waals surface area (Å²) in [5, 5.41) is 17.1. The third-order valence-corrected chi connectivity index (χ3v) is 4.92. The van der Waals surface area contributed by atoms with Crippen molar-refractivity contribution in [1.29, 1.82) is 0 Å². The van der Waals surface area contributed by atoms with E-state index in [-0.39, 0.29) is 11.7 Å². The molecule has 7 nitrogen and oxygen atoms in total. The Kier molecular flexibility index (Phi) is 5.44. The third-order valence-electron chi connectivity index (χ3n) is 3.13. The zero-order valence-corrected chi connectivity index (χ0v) is 14.5. The number of amides is 1. The van der Waals surface area contributed by atoms with Crippen molar-refractivity contribution in [3.8, 4) is 11.4 Å². The molecule has 0 unspecified atom stereocenters. The van der Waals surface area contributed by atoms with E-state index in [2.05, 4.69) is 20.8 Å². The van der Waals surface area contributed by atoms with E-state index in [0.717, 1.165) is 10.6 Å². The monoisotopic (exact) mass is 361 g/mol. The van der Waals surface area contributed by atoms with Crippen molar-refractivity contribution < 1.29 is 9.53 Å². The predicted molar refractivity (Wildman–Crippen MR) is 92.6 cm³/mol. The minimum absolute atomic E-state index is 0.0667. The number of tetrazole rings is 1. The summed E-state index contributed by atoms with van der Waals surface area (Å²) in [4.78, 5) is 13.1. The van der Waals surface area contributed by atoms with Gasteiger partial charge in [0.15, 0.2) is 0 Å². The minimum Gasteiger partial charge on any atom is -0.494 e. The zero-order valence-electron chi connectivity index (χ0n) is 12.9.